The number of carbonyl (C=O) groups is 2. The molecule has 0 radical (unpaired) electrons. The smallest absolute Gasteiger partial charge is 0.406 e. The van der Waals surface area contributed by atoms with E-state index in [1.807, 2.05) is 0 Å². The minimum atomic E-state index is -4.41. The zero-order chi connectivity index (χ0) is 18.1. The molecule has 2 heterocycles. The molecule has 1 amide bonds. The third-order valence-electron chi connectivity index (χ3n) is 3.95. The van der Waals surface area contributed by atoms with Gasteiger partial charge in [-0.15, -0.1) is 0 Å². The van der Waals surface area contributed by atoms with Crippen LogP contribution < -0.4 is 0 Å². The second-order valence-corrected chi connectivity index (χ2v) is 5.77. The summed E-state index contributed by atoms with van der Waals surface area (Å²) in [4.78, 5) is 26.1. The molecule has 0 aromatic carbocycles. The van der Waals surface area contributed by atoms with Crippen molar-refractivity contribution in [1.82, 2.24) is 9.80 Å². The molecule has 0 aliphatic carbocycles. The number of amides is 1. The van der Waals surface area contributed by atoms with Crippen LogP contribution in [0.3, 0.4) is 0 Å². The van der Waals surface area contributed by atoms with E-state index in [4.69, 9.17) is 4.42 Å². The molecule has 9 heteroatoms. The van der Waals surface area contributed by atoms with Gasteiger partial charge in [0.25, 0.3) is 0 Å². The van der Waals surface area contributed by atoms with Crippen LogP contribution in [0, 0.1) is 6.92 Å². The highest BCUT2D eigenvalue weighted by molar-refractivity contribution is 5.90. The molecule has 1 aromatic heterocycles. The van der Waals surface area contributed by atoms with Crippen molar-refractivity contribution in [3.8, 4) is 0 Å². The van der Waals surface area contributed by atoms with E-state index in [1.165, 1.54) is 13.2 Å². The maximum absolute atomic E-state index is 12.4. The quantitative estimate of drug-likeness (QED) is 0.762. The van der Waals surface area contributed by atoms with Crippen molar-refractivity contribution >= 4 is 11.9 Å². The number of likely N-dealkylation sites (N-methyl/N-ethyl adjacent to an activating group) is 1. The highest BCUT2D eigenvalue weighted by Gasteiger charge is 2.40. The van der Waals surface area contributed by atoms with Gasteiger partial charge in [0, 0.05) is 6.54 Å². The number of carbonyl (C=O) groups excluding carboxylic acids is 2. The summed E-state index contributed by atoms with van der Waals surface area (Å²) < 4.78 is 47.4. The maximum atomic E-state index is 12.4. The second kappa shape index (κ2) is 6.84. The Morgan fingerprint density at radius 1 is 1.50 bits per heavy atom. The van der Waals surface area contributed by atoms with Gasteiger partial charge in [0.15, 0.2) is 0 Å². The maximum Gasteiger partial charge on any atom is 0.406 e. The Hall–Kier alpha value is -2.03. The predicted octanol–water partition coefficient (Wildman–Crippen LogP) is 1.97. The van der Waals surface area contributed by atoms with E-state index in [0.29, 0.717) is 17.9 Å². The Morgan fingerprint density at radius 3 is 2.75 bits per heavy atom. The Bertz CT molecular complexity index is 627. The number of alkyl halides is 3. The Kier molecular flexibility index (Phi) is 5.22. The van der Waals surface area contributed by atoms with Crippen molar-refractivity contribution < 1.29 is 31.9 Å². The molecule has 24 heavy (non-hydrogen) atoms. The van der Waals surface area contributed by atoms with E-state index in [-0.39, 0.29) is 18.7 Å². The van der Waals surface area contributed by atoms with Gasteiger partial charge in [-0.25, -0.2) is 4.79 Å². The zero-order valence-electron chi connectivity index (χ0n) is 13.6. The molecule has 1 fully saturated rings. The third-order valence-corrected chi connectivity index (χ3v) is 3.95. The molecule has 0 bridgehead atoms. The average Bonchev–Trinajstić information content (AvgIpc) is 3.00. The van der Waals surface area contributed by atoms with Crippen molar-refractivity contribution in [1.29, 1.82) is 0 Å². The molecule has 6 nitrogen and oxygen atoms in total. The van der Waals surface area contributed by atoms with E-state index in [9.17, 15) is 22.8 Å². The van der Waals surface area contributed by atoms with Crippen LogP contribution in [0.5, 0.6) is 0 Å². The van der Waals surface area contributed by atoms with Crippen LogP contribution in [0.2, 0.25) is 0 Å². The molecule has 2 rings (SSSR count). The summed E-state index contributed by atoms with van der Waals surface area (Å²) in [6.45, 7) is 0.649. The summed E-state index contributed by atoms with van der Waals surface area (Å²) in [6.07, 6.45) is -4.09. The number of aryl methyl sites for hydroxylation is 1. The van der Waals surface area contributed by atoms with Crippen molar-refractivity contribution in [3.63, 3.8) is 0 Å². The van der Waals surface area contributed by atoms with Gasteiger partial charge in [-0.1, -0.05) is 0 Å². The molecule has 1 aromatic rings. The third kappa shape index (κ3) is 4.08. The summed E-state index contributed by atoms with van der Waals surface area (Å²) in [6, 6.07) is 0.879. The van der Waals surface area contributed by atoms with E-state index < -0.39 is 30.6 Å². The number of furan rings is 1. The van der Waals surface area contributed by atoms with Crippen LogP contribution in [0.25, 0.3) is 0 Å². The van der Waals surface area contributed by atoms with Crippen LogP contribution in [-0.2, 0) is 16.1 Å². The molecule has 0 N–H and O–H groups in total. The average molecular weight is 348 g/mol. The number of rotatable bonds is 5. The van der Waals surface area contributed by atoms with E-state index >= 15 is 0 Å². The number of ether oxygens (including phenoxy) is 1. The molecule has 1 atom stereocenters. The van der Waals surface area contributed by atoms with Gasteiger partial charge < -0.3 is 14.1 Å². The van der Waals surface area contributed by atoms with Crippen LogP contribution in [0.1, 0.15) is 28.3 Å². The van der Waals surface area contributed by atoms with Crippen molar-refractivity contribution in [2.75, 3.05) is 27.2 Å². The SMILES string of the molecule is COC(=O)c1cc(CN(C)[C@H]2CCN(CC(F)(F)F)C2=O)oc1C. The van der Waals surface area contributed by atoms with Gasteiger partial charge in [-0.2, -0.15) is 13.2 Å². The predicted molar refractivity (Wildman–Crippen MR) is 77.3 cm³/mol. The molecular weight excluding hydrogens is 329 g/mol. The Morgan fingerprint density at radius 2 is 2.17 bits per heavy atom. The summed E-state index contributed by atoms with van der Waals surface area (Å²) >= 11 is 0. The molecule has 134 valence electrons. The fraction of sp³-hybridized carbons (Fsp3) is 0.600. The van der Waals surface area contributed by atoms with E-state index in [2.05, 4.69) is 4.74 Å². The van der Waals surface area contributed by atoms with Gasteiger partial charge in [0.2, 0.25) is 5.91 Å². The first-order valence-corrected chi connectivity index (χ1v) is 7.35. The molecule has 1 aliphatic heterocycles. The summed E-state index contributed by atoms with van der Waals surface area (Å²) in [5.41, 5.74) is 0.289. The second-order valence-electron chi connectivity index (χ2n) is 5.77. The van der Waals surface area contributed by atoms with Gasteiger partial charge in [0.05, 0.1) is 19.7 Å². The number of likely N-dealkylation sites (tertiary alicyclic amines) is 1. The molecular formula is C15H19F3N2O4. The van der Waals surface area contributed by atoms with Gasteiger partial charge in [0.1, 0.15) is 23.6 Å². The number of esters is 1. The lowest BCUT2D eigenvalue weighted by molar-refractivity contribution is -0.159. The van der Waals surface area contributed by atoms with Crippen LogP contribution in [0.4, 0.5) is 13.2 Å². The first-order valence-electron chi connectivity index (χ1n) is 7.35. The lowest BCUT2D eigenvalue weighted by atomic mass is 10.2. The van der Waals surface area contributed by atoms with Gasteiger partial charge >= 0.3 is 12.1 Å². The Labute approximate surface area is 137 Å². The van der Waals surface area contributed by atoms with E-state index in [0.717, 1.165) is 4.90 Å². The molecule has 0 unspecified atom stereocenters. The number of methoxy groups -OCH3 is 1. The lowest BCUT2D eigenvalue weighted by Gasteiger charge is -2.23. The summed E-state index contributed by atoms with van der Waals surface area (Å²) in [5.74, 6) is -0.246. The van der Waals surface area contributed by atoms with Crippen LogP contribution in [0.15, 0.2) is 10.5 Å². The van der Waals surface area contributed by atoms with Crippen LogP contribution in [-0.4, -0.2) is 61.1 Å². The zero-order valence-corrected chi connectivity index (χ0v) is 13.6. The number of hydrogen-bond donors (Lipinski definition) is 0. The van der Waals surface area contributed by atoms with Gasteiger partial charge in [-0.3, -0.25) is 9.69 Å². The monoisotopic (exact) mass is 348 g/mol. The molecule has 1 aliphatic rings. The summed E-state index contributed by atoms with van der Waals surface area (Å²) in [5, 5.41) is 0. The largest absolute Gasteiger partial charge is 0.465 e. The fourth-order valence-electron chi connectivity index (χ4n) is 2.80. The summed E-state index contributed by atoms with van der Waals surface area (Å²) in [7, 11) is 2.89. The molecule has 0 spiro atoms. The normalized spacial score (nSPS) is 18.5. The fourth-order valence-corrected chi connectivity index (χ4v) is 2.80. The standard InChI is InChI=1S/C15H19F3N2O4/c1-9-11(14(22)23-3)6-10(24-9)7-19(2)12-4-5-20(13(12)21)8-15(16,17)18/h6,12H,4-5,7-8H2,1-3H3/t12-/m0/s1. The first-order chi connectivity index (χ1) is 11.1. The topological polar surface area (TPSA) is 63.0 Å². The van der Waals surface area contributed by atoms with Gasteiger partial charge in [-0.05, 0) is 26.5 Å². The minimum absolute atomic E-state index is 0.0674. The van der Waals surface area contributed by atoms with Crippen molar-refractivity contribution in [3.05, 3.63) is 23.2 Å². The molecule has 0 saturated carbocycles. The number of halogens is 3. The number of hydrogen-bond acceptors (Lipinski definition) is 5. The highest BCUT2D eigenvalue weighted by atomic mass is 19.4. The lowest BCUT2D eigenvalue weighted by Crippen LogP contribution is -2.42. The number of nitrogens with zero attached hydrogens (tertiary/aromatic N) is 2. The van der Waals surface area contributed by atoms with Crippen molar-refractivity contribution in [2.24, 2.45) is 0 Å². The molecule has 1 saturated heterocycles. The van der Waals surface area contributed by atoms with Crippen molar-refractivity contribution in [2.45, 2.75) is 32.1 Å². The highest BCUT2D eigenvalue weighted by Crippen LogP contribution is 2.24. The van der Waals surface area contributed by atoms with Crippen LogP contribution >= 0.6 is 0 Å². The first kappa shape index (κ1) is 18.3. The minimum Gasteiger partial charge on any atom is -0.465 e. The van der Waals surface area contributed by atoms with E-state index in [1.54, 1.807) is 18.9 Å². The Balaban J connectivity index is 2.02.